The van der Waals surface area contributed by atoms with Crippen molar-refractivity contribution in [2.24, 2.45) is 0 Å². The summed E-state index contributed by atoms with van der Waals surface area (Å²) in [7, 11) is 0. The van der Waals surface area contributed by atoms with Crippen molar-refractivity contribution in [3.05, 3.63) is 90.3 Å². The Morgan fingerprint density at radius 3 is 2.59 bits per heavy atom. The third kappa shape index (κ3) is 4.07. The summed E-state index contributed by atoms with van der Waals surface area (Å²) in [6, 6.07) is 18.2. The standard InChI is InChI=1S/C24H21FN6O/c25-19-8-6-18(7-9-19)20-16-21-24-28-27-22(30(24)14-15-31(21)29-20)10-11-23(32)26-13-12-17-4-2-1-3-5-17/h1-9,14-16H,10-13H2,(H,26,32). The molecule has 7 nitrogen and oxygen atoms in total. The molecule has 0 radical (unpaired) electrons. The number of amides is 1. The van der Waals surface area contributed by atoms with Crippen LogP contribution in [0.2, 0.25) is 0 Å². The van der Waals surface area contributed by atoms with Crippen LogP contribution in [0.15, 0.2) is 73.1 Å². The second-order valence-electron chi connectivity index (χ2n) is 7.56. The van der Waals surface area contributed by atoms with Crippen molar-refractivity contribution in [2.45, 2.75) is 19.3 Å². The Kier molecular flexibility index (Phi) is 5.33. The molecular formula is C24H21FN6O. The molecule has 5 aromatic rings. The fourth-order valence-electron chi connectivity index (χ4n) is 3.70. The van der Waals surface area contributed by atoms with Crippen LogP contribution in [0.4, 0.5) is 4.39 Å². The molecule has 3 aromatic heterocycles. The Morgan fingerprint density at radius 1 is 0.969 bits per heavy atom. The van der Waals surface area contributed by atoms with Crippen LogP contribution < -0.4 is 5.32 Å². The summed E-state index contributed by atoms with van der Waals surface area (Å²) in [4.78, 5) is 12.3. The van der Waals surface area contributed by atoms with E-state index in [1.807, 2.05) is 53.2 Å². The minimum atomic E-state index is -0.286. The monoisotopic (exact) mass is 428 g/mol. The number of halogens is 1. The third-order valence-electron chi connectivity index (χ3n) is 5.38. The SMILES string of the molecule is O=C(CCc1nnc2c3cc(-c4ccc(F)cc4)nn3ccn12)NCCc1ccccc1. The zero-order chi connectivity index (χ0) is 21.9. The summed E-state index contributed by atoms with van der Waals surface area (Å²) in [6.07, 6.45) is 5.28. The predicted octanol–water partition coefficient (Wildman–Crippen LogP) is 3.47. The maximum absolute atomic E-state index is 13.2. The number of hydrogen-bond donors (Lipinski definition) is 1. The highest BCUT2D eigenvalue weighted by Gasteiger charge is 2.13. The van der Waals surface area contributed by atoms with Gasteiger partial charge >= 0.3 is 0 Å². The highest BCUT2D eigenvalue weighted by molar-refractivity contribution is 5.77. The molecule has 0 aliphatic carbocycles. The number of aryl methyl sites for hydroxylation is 1. The Morgan fingerprint density at radius 2 is 1.78 bits per heavy atom. The van der Waals surface area contributed by atoms with Gasteiger partial charge in [-0.2, -0.15) is 5.10 Å². The Bertz CT molecular complexity index is 1370. The summed E-state index contributed by atoms with van der Waals surface area (Å²) in [5, 5.41) is 16.1. The Labute approximate surface area is 183 Å². The van der Waals surface area contributed by atoms with E-state index in [-0.39, 0.29) is 11.7 Å². The molecule has 3 heterocycles. The van der Waals surface area contributed by atoms with E-state index in [1.54, 1.807) is 16.6 Å². The molecule has 5 rings (SSSR count). The highest BCUT2D eigenvalue weighted by Crippen LogP contribution is 2.22. The van der Waals surface area contributed by atoms with E-state index in [4.69, 9.17) is 0 Å². The van der Waals surface area contributed by atoms with Crippen molar-refractivity contribution >= 4 is 17.1 Å². The number of hydrogen-bond acceptors (Lipinski definition) is 4. The lowest BCUT2D eigenvalue weighted by Gasteiger charge is -2.05. The van der Waals surface area contributed by atoms with Gasteiger partial charge in [-0.05, 0) is 42.3 Å². The van der Waals surface area contributed by atoms with Gasteiger partial charge in [0.15, 0.2) is 5.65 Å². The number of carbonyl (C=O) groups excluding carboxylic acids is 1. The highest BCUT2D eigenvalue weighted by atomic mass is 19.1. The van der Waals surface area contributed by atoms with E-state index in [0.717, 1.165) is 23.2 Å². The molecule has 0 saturated carbocycles. The fourth-order valence-corrected chi connectivity index (χ4v) is 3.70. The molecule has 32 heavy (non-hydrogen) atoms. The number of benzene rings is 2. The molecule has 0 aliphatic heterocycles. The smallest absolute Gasteiger partial charge is 0.220 e. The van der Waals surface area contributed by atoms with E-state index in [2.05, 4.69) is 20.6 Å². The first kappa shape index (κ1) is 19.9. The average Bonchev–Trinajstić information content (AvgIpc) is 3.43. The van der Waals surface area contributed by atoms with Gasteiger partial charge in [0.1, 0.15) is 17.2 Å². The van der Waals surface area contributed by atoms with Crippen molar-refractivity contribution in [2.75, 3.05) is 6.54 Å². The predicted molar refractivity (Wildman–Crippen MR) is 119 cm³/mol. The molecule has 2 aromatic carbocycles. The first-order chi connectivity index (χ1) is 15.7. The second kappa shape index (κ2) is 8.58. The van der Waals surface area contributed by atoms with Crippen LogP contribution in [0.5, 0.6) is 0 Å². The molecule has 1 N–H and O–H groups in total. The van der Waals surface area contributed by atoms with E-state index in [1.165, 1.54) is 17.7 Å². The van der Waals surface area contributed by atoms with Crippen LogP contribution in [0.3, 0.4) is 0 Å². The van der Waals surface area contributed by atoms with Crippen LogP contribution >= 0.6 is 0 Å². The number of fused-ring (bicyclic) bond motifs is 3. The molecule has 160 valence electrons. The molecule has 0 bridgehead atoms. The molecule has 0 spiro atoms. The fraction of sp³-hybridized carbons (Fsp3) is 0.167. The largest absolute Gasteiger partial charge is 0.356 e. The Hall–Kier alpha value is -4.07. The minimum absolute atomic E-state index is 0.0123. The van der Waals surface area contributed by atoms with Crippen LogP contribution in [0.1, 0.15) is 17.8 Å². The quantitative estimate of drug-likeness (QED) is 0.431. The van der Waals surface area contributed by atoms with Crippen molar-refractivity contribution < 1.29 is 9.18 Å². The lowest BCUT2D eigenvalue weighted by molar-refractivity contribution is -0.121. The van der Waals surface area contributed by atoms with Crippen molar-refractivity contribution in [1.29, 1.82) is 0 Å². The van der Waals surface area contributed by atoms with Crippen LogP contribution in [-0.2, 0) is 17.6 Å². The molecule has 8 heteroatoms. The van der Waals surface area contributed by atoms with Crippen LogP contribution in [0, 0.1) is 5.82 Å². The average molecular weight is 428 g/mol. The molecule has 0 aliphatic rings. The molecule has 0 fully saturated rings. The van der Waals surface area contributed by atoms with Gasteiger partial charge in [-0.3, -0.25) is 9.20 Å². The van der Waals surface area contributed by atoms with E-state index < -0.39 is 0 Å². The van der Waals surface area contributed by atoms with E-state index in [9.17, 15) is 9.18 Å². The second-order valence-corrected chi connectivity index (χ2v) is 7.56. The Balaban J connectivity index is 1.27. The molecule has 0 atom stereocenters. The zero-order valence-electron chi connectivity index (χ0n) is 17.3. The first-order valence-corrected chi connectivity index (χ1v) is 10.5. The molecule has 0 unspecified atom stereocenters. The third-order valence-corrected chi connectivity index (χ3v) is 5.38. The van der Waals surface area contributed by atoms with Gasteiger partial charge in [0.05, 0.1) is 5.69 Å². The van der Waals surface area contributed by atoms with E-state index >= 15 is 0 Å². The van der Waals surface area contributed by atoms with Gasteiger partial charge in [-0.25, -0.2) is 8.91 Å². The van der Waals surface area contributed by atoms with Crippen molar-refractivity contribution in [1.82, 2.24) is 29.5 Å². The van der Waals surface area contributed by atoms with Gasteiger partial charge in [-0.15, -0.1) is 10.2 Å². The van der Waals surface area contributed by atoms with Gasteiger partial charge < -0.3 is 5.32 Å². The molecule has 0 saturated heterocycles. The zero-order valence-corrected chi connectivity index (χ0v) is 17.3. The summed E-state index contributed by atoms with van der Waals surface area (Å²) in [5.41, 5.74) is 4.19. The van der Waals surface area contributed by atoms with Crippen molar-refractivity contribution in [3.8, 4) is 11.3 Å². The van der Waals surface area contributed by atoms with Gasteiger partial charge in [0, 0.05) is 37.3 Å². The lowest BCUT2D eigenvalue weighted by Crippen LogP contribution is -2.26. The molecule has 1 amide bonds. The van der Waals surface area contributed by atoms with Crippen LogP contribution in [-0.4, -0.2) is 36.7 Å². The topological polar surface area (TPSA) is 76.6 Å². The number of carbonyl (C=O) groups is 1. The normalized spacial score (nSPS) is 11.3. The van der Waals surface area contributed by atoms with E-state index in [0.29, 0.717) is 30.9 Å². The number of aromatic nitrogens is 5. The molecular weight excluding hydrogens is 407 g/mol. The maximum atomic E-state index is 13.2. The van der Waals surface area contributed by atoms with Gasteiger partial charge in [0.2, 0.25) is 5.91 Å². The lowest BCUT2D eigenvalue weighted by atomic mass is 10.1. The first-order valence-electron chi connectivity index (χ1n) is 10.5. The number of rotatable bonds is 7. The van der Waals surface area contributed by atoms with Crippen molar-refractivity contribution in [3.63, 3.8) is 0 Å². The summed E-state index contributed by atoms with van der Waals surface area (Å²) >= 11 is 0. The maximum Gasteiger partial charge on any atom is 0.220 e. The number of nitrogens with zero attached hydrogens (tertiary/aromatic N) is 5. The number of nitrogens with one attached hydrogen (secondary N) is 1. The van der Waals surface area contributed by atoms with Gasteiger partial charge in [0.25, 0.3) is 0 Å². The minimum Gasteiger partial charge on any atom is -0.356 e. The summed E-state index contributed by atoms with van der Waals surface area (Å²) in [5.74, 6) is 0.415. The van der Waals surface area contributed by atoms with Gasteiger partial charge in [-0.1, -0.05) is 30.3 Å². The summed E-state index contributed by atoms with van der Waals surface area (Å²) in [6.45, 7) is 0.603. The summed E-state index contributed by atoms with van der Waals surface area (Å²) < 4.78 is 16.8. The van der Waals surface area contributed by atoms with Crippen LogP contribution in [0.25, 0.3) is 22.4 Å².